The van der Waals surface area contributed by atoms with E-state index in [4.69, 9.17) is 4.98 Å². The minimum absolute atomic E-state index is 0.0776. The van der Waals surface area contributed by atoms with Gasteiger partial charge in [-0.3, -0.25) is 9.78 Å². The van der Waals surface area contributed by atoms with E-state index in [1.807, 2.05) is 20.0 Å². The van der Waals surface area contributed by atoms with Crippen LogP contribution < -0.4 is 5.32 Å². The van der Waals surface area contributed by atoms with Crippen molar-refractivity contribution in [1.29, 1.82) is 0 Å². The van der Waals surface area contributed by atoms with Gasteiger partial charge in [0, 0.05) is 49.6 Å². The minimum Gasteiger partial charge on any atom is -0.352 e. The Morgan fingerprint density at radius 2 is 2.12 bits per heavy atom. The van der Waals surface area contributed by atoms with Crippen LogP contribution in [-0.4, -0.2) is 45.9 Å². The van der Waals surface area contributed by atoms with Crippen LogP contribution in [0.3, 0.4) is 0 Å². The van der Waals surface area contributed by atoms with Crippen molar-refractivity contribution in [2.24, 2.45) is 5.92 Å². The van der Waals surface area contributed by atoms with Crippen LogP contribution in [-0.2, 0) is 17.8 Å². The Morgan fingerprint density at radius 1 is 1.35 bits per heavy atom. The molecule has 3 rings (SSSR count). The Morgan fingerprint density at radius 3 is 2.77 bits per heavy atom. The van der Waals surface area contributed by atoms with Crippen molar-refractivity contribution in [3.05, 3.63) is 46.3 Å². The lowest BCUT2D eigenvalue weighted by molar-refractivity contribution is -0.125. The third-order valence-electron chi connectivity index (χ3n) is 5.36. The number of hydrogen-bond donors (Lipinski definition) is 2. The average Bonchev–Trinajstić information content (AvgIpc) is 3.18. The highest BCUT2D eigenvalue weighted by atomic mass is 16.1. The standard InChI is InChI=1S/C20H29N5O/c1-6-18-23-14(4)19(24-18)16-10-25(5)11-17(16)20(26)22-9-15-7-12(2)13(3)21-8-15/h7-8,16-17H,6,9-11H2,1-5H3,(H,22,26)(H,23,24)/t16-,17-/m0/s1. The molecule has 2 atom stereocenters. The molecule has 0 saturated carbocycles. The SMILES string of the molecule is CCc1nc([C@H]2CN(C)C[C@@H]2C(=O)NCc2cnc(C)c(C)c2)c(C)[nH]1. The van der Waals surface area contributed by atoms with E-state index in [1.54, 1.807) is 0 Å². The van der Waals surface area contributed by atoms with Gasteiger partial charge in [0.05, 0.1) is 11.6 Å². The molecule has 2 aromatic heterocycles. The third-order valence-corrected chi connectivity index (χ3v) is 5.36. The highest BCUT2D eigenvalue weighted by Crippen LogP contribution is 2.33. The summed E-state index contributed by atoms with van der Waals surface area (Å²) in [6.07, 6.45) is 2.71. The Bertz CT molecular complexity index is 797. The number of carbonyl (C=O) groups is 1. The van der Waals surface area contributed by atoms with Crippen molar-refractivity contribution in [1.82, 2.24) is 25.2 Å². The fraction of sp³-hybridized carbons (Fsp3) is 0.550. The number of likely N-dealkylation sites (tertiary alicyclic amines) is 1. The van der Waals surface area contributed by atoms with Gasteiger partial charge in [-0.05, 0) is 38.9 Å². The van der Waals surface area contributed by atoms with Crippen LogP contribution in [0.2, 0.25) is 0 Å². The van der Waals surface area contributed by atoms with Crippen LogP contribution >= 0.6 is 0 Å². The molecule has 26 heavy (non-hydrogen) atoms. The van der Waals surface area contributed by atoms with Crippen LogP contribution in [0, 0.1) is 26.7 Å². The van der Waals surface area contributed by atoms with E-state index in [2.05, 4.69) is 47.1 Å². The van der Waals surface area contributed by atoms with Crippen molar-refractivity contribution >= 4 is 5.91 Å². The summed E-state index contributed by atoms with van der Waals surface area (Å²) in [4.78, 5) is 27.6. The molecular formula is C20H29N5O. The second-order valence-electron chi connectivity index (χ2n) is 7.45. The summed E-state index contributed by atoms with van der Waals surface area (Å²) in [7, 11) is 2.07. The van der Waals surface area contributed by atoms with Crippen LogP contribution in [0.1, 0.15) is 46.9 Å². The summed E-state index contributed by atoms with van der Waals surface area (Å²) in [5.74, 6) is 1.14. The van der Waals surface area contributed by atoms with E-state index in [0.29, 0.717) is 6.54 Å². The Labute approximate surface area is 155 Å². The van der Waals surface area contributed by atoms with Gasteiger partial charge in [0.2, 0.25) is 5.91 Å². The van der Waals surface area contributed by atoms with Crippen molar-refractivity contribution in [3.8, 4) is 0 Å². The second-order valence-corrected chi connectivity index (χ2v) is 7.45. The van der Waals surface area contributed by atoms with E-state index < -0.39 is 0 Å². The summed E-state index contributed by atoms with van der Waals surface area (Å²) < 4.78 is 0. The molecule has 3 heterocycles. The monoisotopic (exact) mass is 355 g/mol. The molecule has 1 aliphatic rings. The number of carbonyl (C=O) groups excluding carboxylic acids is 1. The zero-order valence-electron chi connectivity index (χ0n) is 16.4. The van der Waals surface area contributed by atoms with Gasteiger partial charge in [0.25, 0.3) is 0 Å². The normalized spacial score (nSPS) is 20.5. The Kier molecular flexibility index (Phi) is 5.41. The highest BCUT2D eigenvalue weighted by Gasteiger charge is 2.39. The lowest BCUT2D eigenvalue weighted by Crippen LogP contribution is -2.34. The number of pyridine rings is 1. The van der Waals surface area contributed by atoms with Gasteiger partial charge >= 0.3 is 0 Å². The van der Waals surface area contributed by atoms with Crippen molar-refractivity contribution in [2.75, 3.05) is 20.1 Å². The summed E-state index contributed by atoms with van der Waals surface area (Å²) in [5, 5.41) is 3.10. The predicted molar refractivity (Wildman–Crippen MR) is 102 cm³/mol. The zero-order valence-corrected chi connectivity index (χ0v) is 16.4. The van der Waals surface area contributed by atoms with E-state index in [-0.39, 0.29) is 17.7 Å². The topological polar surface area (TPSA) is 73.9 Å². The smallest absolute Gasteiger partial charge is 0.225 e. The van der Waals surface area contributed by atoms with Gasteiger partial charge in [0.1, 0.15) is 5.82 Å². The van der Waals surface area contributed by atoms with E-state index in [9.17, 15) is 4.79 Å². The van der Waals surface area contributed by atoms with E-state index in [1.165, 1.54) is 0 Å². The molecule has 0 spiro atoms. The maximum Gasteiger partial charge on any atom is 0.225 e. The molecule has 1 fully saturated rings. The number of aromatic amines is 1. The maximum atomic E-state index is 12.9. The first kappa shape index (κ1) is 18.6. The molecule has 0 aromatic carbocycles. The summed E-state index contributed by atoms with van der Waals surface area (Å²) in [5.41, 5.74) is 5.33. The summed E-state index contributed by atoms with van der Waals surface area (Å²) >= 11 is 0. The fourth-order valence-electron chi connectivity index (χ4n) is 3.73. The molecule has 0 aliphatic carbocycles. The second kappa shape index (κ2) is 7.58. The quantitative estimate of drug-likeness (QED) is 0.863. The number of aryl methyl sites for hydroxylation is 4. The fourth-order valence-corrected chi connectivity index (χ4v) is 3.73. The number of hydrogen-bond acceptors (Lipinski definition) is 4. The molecule has 6 nitrogen and oxygen atoms in total. The van der Waals surface area contributed by atoms with Gasteiger partial charge in [-0.25, -0.2) is 4.98 Å². The first-order chi connectivity index (χ1) is 12.4. The molecule has 6 heteroatoms. The zero-order chi connectivity index (χ0) is 18.8. The van der Waals surface area contributed by atoms with Crippen molar-refractivity contribution < 1.29 is 4.79 Å². The molecule has 2 N–H and O–H groups in total. The molecule has 2 aromatic rings. The summed E-state index contributed by atoms with van der Waals surface area (Å²) in [6, 6.07) is 2.09. The number of rotatable bonds is 5. The van der Waals surface area contributed by atoms with Gasteiger partial charge < -0.3 is 15.2 Å². The van der Waals surface area contributed by atoms with Crippen LogP contribution in [0.15, 0.2) is 12.3 Å². The van der Waals surface area contributed by atoms with E-state index >= 15 is 0 Å². The first-order valence-electron chi connectivity index (χ1n) is 9.32. The molecule has 1 amide bonds. The molecule has 0 unspecified atom stereocenters. The van der Waals surface area contributed by atoms with Crippen LogP contribution in [0.4, 0.5) is 0 Å². The summed E-state index contributed by atoms with van der Waals surface area (Å²) in [6.45, 7) is 10.3. The van der Waals surface area contributed by atoms with Gasteiger partial charge in [-0.15, -0.1) is 0 Å². The molecule has 1 saturated heterocycles. The molecule has 1 aliphatic heterocycles. The largest absolute Gasteiger partial charge is 0.352 e. The number of nitrogens with one attached hydrogen (secondary N) is 2. The Balaban J connectivity index is 1.72. The van der Waals surface area contributed by atoms with Crippen LogP contribution in [0.25, 0.3) is 0 Å². The van der Waals surface area contributed by atoms with Crippen molar-refractivity contribution in [2.45, 2.75) is 46.6 Å². The molecular weight excluding hydrogens is 326 g/mol. The van der Waals surface area contributed by atoms with Crippen LogP contribution in [0.5, 0.6) is 0 Å². The van der Waals surface area contributed by atoms with Gasteiger partial charge in [-0.1, -0.05) is 13.0 Å². The predicted octanol–water partition coefficient (Wildman–Crippen LogP) is 2.25. The molecule has 140 valence electrons. The first-order valence-corrected chi connectivity index (χ1v) is 9.32. The Hall–Kier alpha value is -2.21. The van der Waals surface area contributed by atoms with Gasteiger partial charge in [0.15, 0.2) is 0 Å². The number of likely N-dealkylation sites (N-methyl/N-ethyl adjacent to an activating group) is 1. The number of amides is 1. The number of imidazole rings is 1. The maximum absolute atomic E-state index is 12.9. The van der Waals surface area contributed by atoms with Gasteiger partial charge in [-0.2, -0.15) is 0 Å². The minimum atomic E-state index is -0.0776. The lowest BCUT2D eigenvalue weighted by Gasteiger charge is -2.17. The van der Waals surface area contributed by atoms with E-state index in [0.717, 1.165) is 53.5 Å². The number of nitrogens with zero attached hydrogens (tertiary/aromatic N) is 3. The number of H-pyrrole nitrogens is 1. The highest BCUT2D eigenvalue weighted by molar-refractivity contribution is 5.80. The van der Waals surface area contributed by atoms with Crippen molar-refractivity contribution in [3.63, 3.8) is 0 Å². The lowest BCUT2D eigenvalue weighted by atomic mass is 9.91. The average molecular weight is 355 g/mol. The third kappa shape index (κ3) is 3.80. The number of aromatic nitrogens is 3. The molecule has 0 radical (unpaired) electrons. The molecule has 0 bridgehead atoms.